The lowest BCUT2D eigenvalue weighted by atomic mass is 10.5. The predicted octanol–water partition coefficient (Wildman–Crippen LogP) is 0.823. The summed E-state index contributed by atoms with van der Waals surface area (Å²) in [5, 5.41) is 3.12. The van der Waals surface area contributed by atoms with Crippen molar-refractivity contribution < 1.29 is 4.57 Å². The van der Waals surface area contributed by atoms with Gasteiger partial charge < -0.3 is 5.32 Å². The van der Waals surface area contributed by atoms with Crippen molar-refractivity contribution in [2.45, 2.75) is 4.90 Å². The molecule has 12 heavy (non-hydrogen) atoms. The fourth-order valence-electron chi connectivity index (χ4n) is 0.854. The first kappa shape index (κ1) is 9.55. The molecular formula is C9H15N2S+. The van der Waals surface area contributed by atoms with Gasteiger partial charge >= 0.3 is 0 Å². The second kappa shape index (κ2) is 5.17. The number of pyridine rings is 1. The molecule has 1 aromatic rings. The van der Waals surface area contributed by atoms with Gasteiger partial charge in [0.1, 0.15) is 7.05 Å². The molecule has 3 heteroatoms. The van der Waals surface area contributed by atoms with E-state index in [1.54, 1.807) is 0 Å². The third-order valence-electron chi connectivity index (χ3n) is 1.57. The minimum atomic E-state index is 1.06. The van der Waals surface area contributed by atoms with Crippen molar-refractivity contribution >= 4 is 11.8 Å². The zero-order valence-electron chi connectivity index (χ0n) is 7.58. The van der Waals surface area contributed by atoms with E-state index >= 15 is 0 Å². The minimum Gasteiger partial charge on any atom is -0.319 e. The molecule has 0 aliphatic heterocycles. The molecular weight excluding hydrogens is 168 g/mol. The Hall–Kier alpha value is -0.540. The monoisotopic (exact) mass is 183 g/mol. The van der Waals surface area contributed by atoms with E-state index in [0.717, 1.165) is 12.3 Å². The van der Waals surface area contributed by atoms with E-state index in [-0.39, 0.29) is 0 Å². The maximum absolute atomic E-state index is 3.12. The number of nitrogens with one attached hydrogen (secondary N) is 1. The maximum Gasteiger partial charge on any atom is 0.169 e. The van der Waals surface area contributed by atoms with Crippen molar-refractivity contribution in [3.05, 3.63) is 24.5 Å². The van der Waals surface area contributed by atoms with Gasteiger partial charge in [0, 0.05) is 29.3 Å². The van der Waals surface area contributed by atoms with E-state index in [1.165, 1.54) is 4.90 Å². The molecule has 1 heterocycles. The molecule has 0 saturated carbocycles. The number of rotatable bonds is 4. The van der Waals surface area contributed by atoms with Gasteiger partial charge in [0.05, 0.1) is 0 Å². The van der Waals surface area contributed by atoms with Crippen molar-refractivity contribution in [1.82, 2.24) is 5.32 Å². The van der Waals surface area contributed by atoms with Crippen LogP contribution in [0.4, 0.5) is 0 Å². The van der Waals surface area contributed by atoms with Gasteiger partial charge in [-0.05, 0) is 7.05 Å². The van der Waals surface area contributed by atoms with Gasteiger partial charge in [-0.3, -0.25) is 0 Å². The molecule has 0 amide bonds. The van der Waals surface area contributed by atoms with Crippen LogP contribution in [0.1, 0.15) is 0 Å². The summed E-state index contributed by atoms with van der Waals surface area (Å²) >= 11 is 1.88. The molecule has 0 radical (unpaired) electrons. The highest BCUT2D eigenvalue weighted by Crippen LogP contribution is 2.14. The number of aromatic nitrogens is 1. The Morgan fingerprint density at radius 1 is 1.42 bits per heavy atom. The van der Waals surface area contributed by atoms with Crippen LogP contribution in [0.5, 0.6) is 0 Å². The van der Waals surface area contributed by atoms with Gasteiger partial charge in [-0.1, -0.05) is 0 Å². The quantitative estimate of drug-likeness (QED) is 0.422. The number of thioether (sulfide) groups is 1. The van der Waals surface area contributed by atoms with Crippen LogP contribution in [0.15, 0.2) is 29.4 Å². The zero-order chi connectivity index (χ0) is 8.81. The van der Waals surface area contributed by atoms with Crippen LogP contribution >= 0.6 is 11.8 Å². The molecule has 0 atom stereocenters. The first-order valence-corrected chi connectivity index (χ1v) is 5.04. The van der Waals surface area contributed by atoms with Gasteiger partial charge in [-0.25, -0.2) is 4.57 Å². The van der Waals surface area contributed by atoms with Gasteiger partial charge in [-0.2, -0.15) is 0 Å². The lowest BCUT2D eigenvalue weighted by Gasteiger charge is -1.98. The SMILES string of the molecule is CNCCSc1cc[n+](C)cc1. The summed E-state index contributed by atoms with van der Waals surface area (Å²) in [7, 11) is 4.01. The zero-order valence-corrected chi connectivity index (χ0v) is 8.40. The summed E-state index contributed by atoms with van der Waals surface area (Å²) in [5.74, 6) is 1.13. The highest BCUT2D eigenvalue weighted by Gasteiger charge is 1.95. The molecule has 0 unspecified atom stereocenters. The fraction of sp³-hybridized carbons (Fsp3) is 0.444. The smallest absolute Gasteiger partial charge is 0.169 e. The third-order valence-corrected chi connectivity index (χ3v) is 2.58. The Bertz CT molecular complexity index is 220. The van der Waals surface area contributed by atoms with Crippen LogP contribution < -0.4 is 9.88 Å². The summed E-state index contributed by atoms with van der Waals surface area (Å²) in [6, 6.07) is 4.28. The van der Waals surface area contributed by atoms with E-state index in [4.69, 9.17) is 0 Å². The Morgan fingerprint density at radius 3 is 2.67 bits per heavy atom. The van der Waals surface area contributed by atoms with E-state index in [1.807, 2.05) is 30.4 Å². The average Bonchev–Trinajstić information content (AvgIpc) is 2.09. The first-order valence-electron chi connectivity index (χ1n) is 4.05. The van der Waals surface area contributed by atoms with Gasteiger partial charge in [0.2, 0.25) is 0 Å². The molecule has 1 aromatic heterocycles. The minimum absolute atomic E-state index is 1.06. The standard InChI is InChI=1S/C9H15N2S/c1-10-5-8-12-9-3-6-11(2)7-4-9/h3-4,6-7,10H,5,8H2,1-2H3/q+1. The van der Waals surface area contributed by atoms with Crippen molar-refractivity contribution in [1.29, 1.82) is 0 Å². The second-order valence-corrected chi connectivity index (χ2v) is 3.82. The van der Waals surface area contributed by atoms with E-state index in [9.17, 15) is 0 Å². The summed E-state index contributed by atoms with van der Waals surface area (Å²) < 4.78 is 2.04. The van der Waals surface area contributed by atoms with Crippen LogP contribution in [0.2, 0.25) is 0 Å². The highest BCUT2D eigenvalue weighted by molar-refractivity contribution is 7.99. The molecule has 0 aliphatic carbocycles. The highest BCUT2D eigenvalue weighted by atomic mass is 32.2. The third kappa shape index (κ3) is 3.24. The van der Waals surface area contributed by atoms with Crippen molar-refractivity contribution in [2.24, 2.45) is 7.05 Å². The topological polar surface area (TPSA) is 15.9 Å². The molecule has 0 spiro atoms. The van der Waals surface area contributed by atoms with Crippen LogP contribution in [0.25, 0.3) is 0 Å². The van der Waals surface area contributed by atoms with Crippen LogP contribution in [0.3, 0.4) is 0 Å². The van der Waals surface area contributed by atoms with Crippen molar-refractivity contribution in [3.8, 4) is 0 Å². The Kier molecular flexibility index (Phi) is 4.11. The van der Waals surface area contributed by atoms with E-state index < -0.39 is 0 Å². The Labute approximate surface area is 78.0 Å². The first-order chi connectivity index (χ1) is 5.83. The molecule has 66 valence electrons. The fourth-order valence-corrected chi connectivity index (χ4v) is 1.71. The Balaban J connectivity index is 2.37. The van der Waals surface area contributed by atoms with Crippen LogP contribution in [0, 0.1) is 0 Å². The maximum atomic E-state index is 3.12. The average molecular weight is 183 g/mol. The molecule has 1 N–H and O–H groups in total. The number of nitrogens with zero attached hydrogens (tertiary/aromatic N) is 1. The van der Waals surface area contributed by atoms with Crippen molar-refractivity contribution in [2.75, 3.05) is 19.3 Å². The van der Waals surface area contributed by atoms with E-state index in [2.05, 4.69) is 29.8 Å². The van der Waals surface area contributed by atoms with Gasteiger partial charge in [0.25, 0.3) is 0 Å². The molecule has 0 aliphatic rings. The second-order valence-electron chi connectivity index (χ2n) is 2.65. The number of aryl methyl sites for hydroxylation is 1. The molecule has 0 bridgehead atoms. The summed E-state index contributed by atoms with van der Waals surface area (Å²) in [4.78, 5) is 1.34. The summed E-state index contributed by atoms with van der Waals surface area (Å²) in [5.41, 5.74) is 0. The molecule has 2 nitrogen and oxygen atoms in total. The number of hydrogen-bond donors (Lipinski definition) is 1. The number of hydrogen-bond acceptors (Lipinski definition) is 2. The lowest BCUT2D eigenvalue weighted by Crippen LogP contribution is -2.25. The van der Waals surface area contributed by atoms with Gasteiger partial charge in [-0.15, -0.1) is 11.8 Å². The molecule has 0 aromatic carbocycles. The van der Waals surface area contributed by atoms with Crippen LogP contribution in [-0.4, -0.2) is 19.3 Å². The van der Waals surface area contributed by atoms with Gasteiger partial charge in [0.15, 0.2) is 12.4 Å². The predicted molar refractivity (Wildman–Crippen MR) is 52.3 cm³/mol. The summed E-state index contributed by atoms with van der Waals surface area (Å²) in [6.07, 6.45) is 4.14. The normalized spacial score (nSPS) is 10.2. The molecule has 1 rings (SSSR count). The van der Waals surface area contributed by atoms with Crippen LogP contribution in [-0.2, 0) is 7.05 Å². The summed E-state index contributed by atoms with van der Waals surface area (Å²) in [6.45, 7) is 1.06. The largest absolute Gasteiger partial charge is 0.319 e. The molecule has 0 saturated heterocycles. The lowest BCUT2D eigenvalue weighted by molar-refractivity contribution is -0.671. The van der Waals surface area contributed by atoms with Crippen molar-refractivity contribution in [3.63, 3.8) is 0 Å². The van der Waals surface area contributed by atoms with E-state index in [0.29, 0.717) is 0 Å². The Morgan fingerprint density at radius 2 is 2.08 bits per heavy atom. The molecule has 0 fully saturated rings.